The van der Waals surface area contributed by atoms with Crippen molar-refractivity contribution in [3.8, 4) is 0 Å². The lowest BCUT2D eigenvalue weighted by Crippen LogP contribution is -2.38. The van der Waals surface area contributed by atoms with Gasteiger partial charge in [-0.2, -0.15) is 0 Å². The summed E-state index contributed by atoms with van der Waals surface area (Å²) < 4.78 is 18.3. The van der Waals surface area contributed by atoms with Crippen molar-refractivity contribution < 1.29 is 29.5 Å². The van der Waals surface area contributed by atoms with Crippen LogP contribution in [0.3, 0.4) is 0 Å². The number of aliphatic hydroxyl groups excluding tert-OH is 3. The van der Waals surface area contributed by atoms with Crippen molar-refractivity contribution in [1.82, 2.24) is 0 Å². The molecule has 35 heavy (non-hydrogen) atoms. The summed E-state index contributed by atoms with van der Waals surface area (Å²) in [5.41, 5.74) is 2.06. The summed E-state index contributed by atoms with van der Waals surface area (Å²) in [7, 11) is 0. The van der Waals surface area contributed by atoms with E-state index in [0.717, 1.165) is 16.7 Å². The van der Waals surface area contributed by atoms with E-state index in [4.69, 9.17) is 14.2 Å². The Morgan fingerprint density at radius 2 is 1.26 bits per heavy atom. The minimum Gasteiger partial charge on any atom is -0.394 e. The van der Waals surface area contributed by atoms with Gasteiger partial charge in [0.05, 0.1) is 38.6 Å². The summed E-state index contributed by atoms with van der Waals surface area (Å²) in [5, 5.41) is 31.4. The van der Waals surface area contributed by atoms with Crippen molar-refractivity contribution in [2.75, 3.05) is 13.2 Å². The highest BCUT2D eigenvalue weighted by atomic mass is 16.5. The largest absolute Gasteiger partial charge is 0.394 e. The highest BCUT2D eigenvalue weighted by molar-refractivity contribution is 5.21. The molecule has 0 heterocycles. The minimum atomic E-state index is -1.15. The first-order valence-electron chi connectivity index (χ1n) is 12.1. The lowest BCUT2D eigenvalue weighted by atomic mass is 10.0. The van der Waals surface area contributed by atoms with Gasteiger partial charge in [0.15, 0.2) is 0 Å². The Morgan fingerprint density at radius 1 is 0.743 bits per heavy atom. The Labute approximate surface area is 206 Å². The van der Waals surface area contributed by atoms with E-state index >= 15 is 0 Å². The van der Waals surface area contributed by atoms with Crippen molar-refractivity contribution in [2.24, 2.45) is 5.92 Å². The van der Waals surface area contributed by atoms with Gasteiger partial charge in [-0.15, -0.1) is 0 Å². The van der Waals surface area contributed by atoms with Crippen LogP contribution in [0.2, 0.25) is 0 Å². The third kappa shape index (κ3) is 6.55. The Kier molecular flexibility index (Phi) is 9.04. The van der Waals surface area contributed by atoms with Crippen molar-refractivity contribution >= 4 is 0 Å². The normalized spacial score (nSPS) is 23.1. The Balaban J connectivity index is 1.45. The molecule has 3 unspecified atom stereocenters. The van der Waals surface area contributed by atoms with Crippen LogP contribution >= 0.6 is 0 Å². The van der Waals surface area contributed by atoms with E-state index in [-0.39, 0.29) is 6.61 Å². The molecule has 0 radical (unpaired) electrons. The number of benzene rings is 3. The zero-order valence-corrected chi connectivity index (χ0v) is 19.8. The number of ether oxygens (including phenoxy) is 3. The lowest BCUT2D eigenvalue weighted by Gasteiger charge is -2.26. The van der Waals surface area contributed by atoms with E-state index in [1.54, 1.807) is 0 Å². The maximum atomic E-state index is 11.1. The first-order valence-corrected chi connectivity index (χ1v) is 12.1. The molecule has 1 saturated carbocycles. The van der Waals surface area contributed by atoms with Crippen LogP contribution in [0, 0.1) is 5.92 Å². The van der Waals surface area contributed by atoms with Gasteiger partial charge in [-0.05, 0) is 16.7 Å². The van der Waals surface area contributed by atoms with Crippen molar-refractivity contribution in [3.05, 3.63) is 108 Å². The summed E-state index contributed by atoms with van der Waals surface area (Å²) in [4.78, 5) is 0. The number of hydrogen-bond acceptors (Lipinski definition) is 6. The van der Waals surface area contributed by atoms with Crippen LogP contribution in [0.4, 0.5) is 0 Å². The van der Waals surface area contributed by atoms with Gasteiger partial charge in [-0.1, -0.05) is 91.0 Å². The summed E-state index contributed by atoms with van der Waals surface area (Å²) >= 11 is 0. The molecule has 3 N–H and O–H groups in total. The molecule has 1 aliphatic rings. The van der Waals surface area contributed by atoms with Gasteiger partial charge in [-0.25, -0.2) is 0 Å². The molecule has 4 rings (SSSR count). The molecule has 0 amide bonds. The quantitative estimate of drug-likeness (QED) is 0.308. The van der Waals surface area contributed by atoms with Gasteiger partial charge in [0, 0.05) is 18.9 Å². The van der Waals surface area contributed by atoms with E-state index in [2.05, 4.69) is 0 Å². The minimum absolute atomic E-state index is 0.255. The van der Waals surface area contributed by atoms with Crippen LogP contribution in [0.5, 0.6) is 0 Å². The van der Waals surface area contributed by atoms with E-state index in [1.165, 1.54) is 0 Å². The molecule has 6 nitrogen and oxygen atoms in total. The van der Waals surface area contributed by atoms with Crippen LogP contribution in [-0.4, -0.2) is 52.4 Å². The first kappa shape index (κ1) is 25.5. The fourth-order valence-corrected chi connectivity index (χ4v) is 4.56. The third-order valence-corrected chi connectivity index (χ3v) is 6.60. The summed E-state index contributed by atoms with van der Waals surface area (Å²) in [6, 6.07) is 29.3. The third-order valence-electron chi connectivity index (χ3n) is 6.60. The smallest absolute Gasteiger partial charge is 0.105 e. The SMILES string of the molecule is OC[C@@H](O)C(OCc1ccccc1)C1C(O)[C@]1(CCOCc1ccccc1)OCc1ccccc1. The van der Waals surface area contributed by atoms with E-state index < -0.39 is 36.4 Å². The zero-order chi connectivity index (χ0) is 24.5. The predicted molar refractivity (Wildman–Crippen MR) is 132 cm³/mol. The lowest BCUT2D eigenvalue weighted by molar-refractivity contribution is -0.102. The van der Waals surface area contributed by atoms with Crippen LogP contribution in [0.1, 0.15) is 23.1 Å². The molecule has 0 saturated heterocycles. The van der Waals surface area contributed by atoms with Crippen molar-refractivity contribution in [3.63, 3.8) is 0 Å². The molecule has 3 aromatic carbocycles. The van der Waals surface area contributed by atoms with Gasteiger partial charge in [0.25, 0.3) is 0 Å². The number of hydrogen-bond donors (Lipinski definition) is 3. The molecule has 3 aromatic rings. The molecule has 1 aliphatic carbocycles. The maximum Gasteiger partial charge on any atom is 0.105 e. The molecule has 186 valence electrons. The second-order valence-electron chi connectivity index (χ2n) is 9.00. The molecule has 6 heteroatoms. The average Bonchev–Trinajstić information content (AvgIpc) is 3.49. The maximum absolute atomic E-state index is 11.1. The molecule has 1 fully saturated rings. The van der Waals surface area contributed by atoms with Gasteiger partial charge in [-0.3, -0.25) is 0 Å². The highest BCUT2D eigenvalue weighted by Gasteiger charge is 2.69. The fourth-order valence-electron chi connectivity index (χ4n) is 4.56. The monoisotopic (exact) mass is 478 g/mol. The average molecular weight is 479 g/mol. The molecule has 0 aliphatic heterocycles. The van der Waals surface area contributed by atoms with Crippen LogP contribution in [0.15, 0.2) is 91.0 Å². The predicted octanol–water partition coefficient (Wildman–Crippen LogP) is 3.48. The Morgan fingerprint density at radius 3 is 1.80 bits per heavy atom. The summed E-state index contributed by atoms with van der Waals surface area (Å²) in [6.45, 7) is 0.933. The van der Waals surface area contributed by atoms with Crippen molar-refractivity contribution in [2.45, 2.75) is 50.2 Å². The standard InChI is InChI=1S/C29H34O6/c30-18-25(31)27(34-20-23-12-6-2-7-13-23)26-28(32)29(26,35-21-24-14-8-3-9-15-24)16-17-33-19-22-10-4-1-5-11-22/h1-15,25-28,30-32H,16-21H2/t25-,26?,27?,28?,29-/m1/s1. The second-order valence-corrected chi connectivity index (χ2v) is 9.00. The van der Waals surface area contributed by atoms with Crippen LogP contribution in [-0.2, 0) is 34.0 Å². The van der Waals surface area contributed by atoms with Gasteiger partial charge in [0.2, 0.25) is 0 Å². The Hall–Kier alpha value is -2.58. The molecule has 0 aromatic heterocycles. The van der Waals surface area contributed by atoms with Gasteiger partial charge >= 0.3 is 0 Å². The molecular formula is C29H34O6. The molecule has 0 bridgehead atoms. The van der Waals surface area contributed by atoms with E-state index in [0.29, 0.717) is 26.2 Å². The van der Waals surface area contributed by atoms with Crippen molar-refractivity contribution in [1.29, 1.82) is 0 Å². The van der Waals surface area contributed by atoms with Crippen LogP contribution in [0.25, 0.3) is 0 Å². The van der Waals surface area contributed by atoms with E-state index in [9.17, 15) is 15.3 Å². The highest BCUT2D eigenvalue weighted by Crippen LogP contribution is 2.54. The van der Waals surface area contributed by atoms with E-state index in [1.807, 2.05) is 91.0 Å². The topological polar surface area (TPSA) is 88.4 Å². The zero-order valence-electron chi connectivity index (χ0n) is 19.8. The number of aliphatic hydroxyl groups is 3. The number of rotatable bonds is 14. The second kappa shape index (κ2) is 12.4. The van der Waals surface area contributed by atoms with Gasteiger partial charge < -0.3 is 29.5 Å². The molecule has 5 atom stereocenters. The Bertz CT molecular complexity index is 999. The molecular weight excluding hydrogens is 444 g/mol. The molecule has 0 spiro atoms. The summed E-state index contributed by atoms with van der Waals surface area (Å²) in [6.07, 6.45) is -2.36. The summed E-state index contributed by atoms with van der Waals surface area (Å²) in [5.74, 6) is -0.502. The van der Waals surface area contributed by atoms with Crippen LogP contribution < -0.4 is 0 Å². The van der Waals surface area contributed by atoms with Gasteiger partial charge in [0.1, 0.15) is 11.7 Å². The fraction of sp³-hybridized carbons (Fsp3) is 0.379. The first-order chi connectivity index (χ1) is 17.1.